The van der Waals surface area contributed by atoms with Gasteiger partial charge in [0.1, 0.15) is 18.1 Å². The van der Waals surface area contributed by atoms with E-state index in [1.54, 1.807) is 25.3 Å². The summed E-state index contributed by atoms with van der Waals surface area (Å²) < 4.78 is 15.7. The molecule has 0 amide bonds. The Hall–Kier alpha value is -2.06. The van der Waals surface area contributed by atoms with Gasteiger partial charge in [0.15, 0.2) is 5.82 Å². The minimum Gasteiger partial charge on any atom is -0.497 e. The summed E-state index contributed by atoms with van der Waals surface area (Å²) in [6, 6.07) is 12.9. The molecule has 4 rings (SSSR count). The molecule has 0 atom stereocenters. The Balaban J connectivity index is 1.65. The zero-order valence-electron chi connectivity index (χ0n) is 17.3. The number of methoxy groups -OCH3 is 1. The molecule has 0 aliphatic carbocycles. The van der Waals surface area contributed by atoms with Crippen molar-refractivity contribution in [2.24, 2.45) is 0 Å². The molecule has 31 heavy (non-hydrogen) atoms. The lowest BCUT2D eigenvalue weighted by Crippen LogP contribution is -2.32. The van der Waals surface area contributed by atoms with E-state index in [-0.39, 0.29) is 6.61 Å². The largest absolute Gasteiger partial charge is 0.497 e. The van der Waals surface area contributed by atoms with E-state index >= 15 is 0 Å². The Bertz CT molecular complexity index is 1090. The average molecular weight is 479 g/mol. The Kier molecular flexibility index (Phi) is 7.17. The fourth-order valence-electron chi connectivity index (χ4n) is 3.65. The number of hydrogen-bond acceptors (Lipinski definition) is 5. The van der Waals surface area contributed by atoms with Crippen molar-refractivity contribution < 1.29 is 9.47 Å². The standard InChI is InChI=1S/C22H24Cl2N4O2S/c1-29-18-8-6-17(7-9-18)28-21(14-30-20-10-5-16(23)13-19(20)24)25-27(22(28)31)15-26-11-3-2-4-12-26/h5-10,13H,2-4,11-12,14-15H2,1H3. The van der Waals surface area contributed by atoms with Crippen LogP contribution in [0.3, 0.4) is 0 Å². The molecule has 0 unspecified atom stereocenters. The SMILES string of the molecule is COc1ccc(-n2c(COc3ccc(Cl)cc3Cl)nn(CN3CCCCC3)c2=S)cc1. The number of likely N-dealkylation sites (tertiary alicyclic amines) is 1. The lowest BCUT2D eigenvalue weighted by molar-refractivity contribution is 0.171. The second kappa shape index (κ2) is 10.0. The highest BCUT2D eigenvalue weighted by molar-refractivity contribution is 7.71. The summed E-state index contributed by atoms with van der Waals surface area (Å²) in [6.07, 6.45) is 3.69. The van der Waals surface area contributed by atoms with Crippen molar-refractivity contribution in [3.63, 3.8) is 0 Å². The van der Waals surface area contributed by atoms with Crippen LogP contribution in [0, 0.1) is 4.77 Å². The van der Waals surface area contributed by atoms with Gasteiger partial charge in [-0.25, -0.2) is 4.68 Å². The second-order valence-corrected chi connectivity index (χ2v) is 8.62. The average Bonchev–Trinajstić information content (AvgIpc) is 3.09. The Morgan fingerprint density at radius 3 is 2.45 bits per heavy atom. The van der Waals surface area contributed by atoms with Crippen LogP contribution in [0.1, 0.15) is 25.1 Å². The number of aromatic nitrogens is 3. The minimum atomic E-state index is 0.212. The lowest BCUT2D eigenvalue weighted by atomic mass is 10.1. The first-order valence-electron chi connectivity index (χ1n) is 10.2. The van der Waals surface area contributed by atoms with Crippen molar-refractivity contribution in [2.75, 3.05) is 20.2 Å². The van der Waals surface area contributed by atoms with Gasteiger partial charge in [0.25, 0.3) is 0 Å². The number of benzene rings is 2. The summed E-state index contributed by atoms with van der Waals surface area (Å²) in [5, 5.41) is 5.81. The first kappa shape index (κ1) is 22.1. The van der Waals surface area contributed by atoms with Crippen LogP contribution in [-0.2, 0) is 13.3 Å². The molecule has 1 aliphatic rings. The van der Waals surface area contributed by atoms with Gasteiger partial charge in [0.05, 0.1) is 24.5 Å². The number of rotatable bonds is 7. The molecule has 2 heterocycles. The normalized spacial score (nSPS) is 14.5. The highest BCUT2D eigenvalue weighted by atomic mass is 35.5. The van der Waals surface area contributed by atoms with E-state index in [4.69, 9.17) is 50.0 Å². The summed E-state index contributed by atoms with van der Waals surface area (Å²) >= 11 is 18.1. The molecule has 2 aromatic carbocycles. The summed E-state index contributed by atoms with van der Waals surface area (Å²) in [6.45, 7) is 2.99. The lowest BCUT2D eigenvalue weighted by Gasteiger charge is -2.25. The fraction of sp³-hybridized carbons (Fsp3) is 0.364. The van der Waals surface area contributed by atoms with E-state index in [0.717, 1.165) is 24.5 Å². The third kappa shape index (κ3) is 5.23. The first-order chi connectivity index (χ1) is 15.0. The van der Waals surface area contributed by atoms with Gasteiger partial charge in [-0.05, 0) is 80.6 Å². The molecule has 0 spiro atoms. The zero-order valence-corrected chi connectivity index (χ0v) is 19.6. The van der Waals surface area contributed by atoms with E-state index in [1.807, 2.05) is 33.5 Å². The fourth-order valence-corrected chi connectivity index (χ4v) is 4.43. The Morgan fingerprint density at radius 1 is 1.03 bits per heavy atom. The van der Waals surface area contributed by atoms with Crippen LogP contribution in [0.4, 0.5) is 0 Å². The molecular formula is C22H24Cl2N4O2S. The summed E-state index contributed by atoms with van der Waals surface area (Å²) in [7, 11) is 1.65. The van der Waals surface area contributed by atoms with E-state index in [0.29, 0.717) is 33.1 Å². The molecule has 0 radical (unpaired) electrons. The number of hydrogen-bond donors (Lipinski definition) is 0. The molecule has 1 aliphatic heterocycles. The van der Waals surface area contributed by atoms with Crippen LogP contribution < -0.4 is 9.47 Å². The highest BCUT2D eigenvalue weighted by Gasteiger charge is 2.17. The van der Waals surface area contributed by atoms with Gasteiger partial charge in [0, 0.05) is 5.02 Å². The van der Waals surface area contributed by atoms with Crippen LogP contribution in [0.2, 0.25) is 10.0 Å². The molecule has 0 saturated carbocycles. The minimum absolute atomic E-state index is 0.212. The molecule has 3 aromatic rings. The molecule has 9 heteroatoms. The van der Waals surface area contributed by atoms with Gasteiger partial charge >= 0.3 is 0 Å². The quantitative estimate of drug-likeness (QED) is 0.405. The van der Waals surface area contributed by atoms with Gasteiger partial charge in [0.2, 0.25) is 4.77 Å². The van der Waals surface area contributed by atoms with E-state index in [9.17, 15) is 0 Å². The maximum atomic E-state index is 6.27. The van der Waals surface area contributed by atoms with Crippen molar-refractivity contribution in [3.8, 4) is 17.2 Å². The smallest absolute Gasteiger partial charge is 0.203 e. The van der Waals surface area contributed by atoms with E-state index in [2.05, 4.69) is 4.90 Å². The number of piperidine rings is 1. The van der Waals surface area contributed by atoms with Gasteiger partial charge in [-0.1, -0.05) is 29.6 Å². The summed E-state index contributed by atoms with van der Waals surface area (Å²) in [4.78, 5) is 2.38. The molecule has 1 saturated heterocycles. The number of halogens is 2. The van der Waals surface area contributed by atoms with Crippen LogP contribution in [0.25, 0.3) is 5.69 Å². The molecule has 6 nitrogen and oxygen atoms in total. The highest BCUT2D eigenvalue weighted by Crippen LogP contribution is 2.28. The van der Waals surface area contributed by atoms with Gasteiger partial charge in [-0.3, -0.25) is 9.47 Å². The predicted octanol–water partition coefficient (Wildman–Crippen LogP) is 5.74. The number of ether oxygens (including phenoxy) is 2. The second-order valence-electron chi connectivity index (χ2n) is 7.42. The van der Waals surface area contributed by atoms with Crippen LogP contribution in [0.15, 0.2) is 42.5 Å². The monoisotopic (exact) mass is 478 g/mol. The van der Waals surface area contributed by atoms with Crippen molar-refractivity contribution in [3.05, 3.63) is 63.1 Å². The topological polar surface area (TPSA) is 44.5 Å². The van der Waals surface area contributed by atoms with Crippen molar-refractivity contribution in [2.45, 2.75) is 32.5 Å². The van der Waals surface area contributed by atoms with Crippen molar-refractivity contribution in [1.29, 1.82) is 0 Å². The zero-order chi connectivity index (χ0) is 21.8. The Labute approximate surface area is 196 Å². The molecule has 0 bridgehead atoms. The van der Waals surface area contributed by atoms with Gasteiger partial charge < -0.3 is 9.47 Å². The molecule has 164 valence electrons. The first-order valence-corrected chi connectivity index (χ1v) is 11.3. The third-order valence-corrected chi connectivity index (χ3v) is 6.19. The predicted molar refractivity (Wildman–Crippen MR) is 125 cm³/mol. The van der Waals surface area contributed by atoms with Crippen LogP contribution >= 0.6 is 35.4 Å². The van der Waals surface area contributed by atoms with Crippen molar-refractivity contribution >= 4 is 35.4 Å². The van der Waals surface area contributed by atoms with Gasteiger partial charge in [-0.15, -0.1) is 0 Å². The van der Waals surface area contributed by atoms with E-state index in [1.165, 1.54) is 19.3 Å². The molecule has 0 N–H and O–H groups in total. The van der Waals surface area contributed by atoms with E-state index < -0.39 is 0 Å². The molecule has 1 aromatic heterocycles. The Morgan fingerprint density at radius 2 is 1.77 bits per heavy atom. The van der Waals surface area contributed by atoms with Crippen LogP contribution in [0.5, 0.6) is 11.5 Å². The molecule has 1 fully saturated rings. The summed E-state index contributed by atoms with van der Waals surface area (Å²) in [5.41, 5.74) is 0.900. The summed E-state index contributed by atoms with van der Waals surface area (Å²) in [5.74, 6) is 2.02. The van der Waals surface area contributed by atoms with Gasteiger partial charge in [-0.2, -0.15) is 5.10 Å². The maximum absolute atomic E-state index is 6.27. The maximum Gasteiger partial charge on any atom is 0.203 e. The van der Waals surface area contributed by atoms with Crippen molar-refractivity contribution in [1.82, 2.24) is 19.2 Å². The number of nitrogens with zero attached hydrogens (tertiary/aromatic N) is 4. The van der Waals surface area contributed by atoms with Crippen LogP contribution in [-0.4, -0.2) is 39.4 Å². The third-order valence-electron chi connectivity index (χ3n) is 5.27. The molecular weight excluding hydrogens is 455 g/mol.